The fourth-order valence-corrected chi connectivity index (χ4v) is 3.88. The molecule has 0 aliphatic rings. The lowest BCUT2D eigenvalue weighted by atomic mass is 10.2. The van der Waals surface area contributed by atoms with Crippen molar-refractivity contribution in [1.82, 2.24) is 14.9 Å². The molecule has 0 radical (unpaired) electrons. The zero-order valence-electron chi connectivity index (χ0n) is 17.7. The molecule has 9 heteroatoms. The van der Waals surface area contributed by atoms with E-state index in [0.717, 1.165) is 11.1 Å². The zero-order chi connectivity index (χ0) is 23.2. The highest BCUT2D eigenvalue weighted by atomic mass is 79.9. The van der Waals surface area contributed by atoms with Crippen LogP contribution in [-0.2, 0) is 6.61 Å². The molecule has 3 aromatic carbocycles. The molecule has 0 atom stereocenters. The summed E-state index contributed by atoms with van der Waals surface area (Å²) in [6.07, 6.45) is 1.66. The molecule has 33 heavy (non-hydrogen) atoms. The van der Waals surface area contributed by atoms with Crippen molar-refractivity contribution < 1.29 is 13.9 Å². The predicted octanol–water partition coefficient (Wildman–Crippen LogP) is 6.37. The molecule has 6 nitrogen and oxygen atoms in total. The van der Waals surface area contributed by atoms with E-state index in [1.165, 1.54) is 6.07 Å². The Morgan fingerprint density at radius 1 is 1.12 bits per heavy atom. The van der Waals surface area contributed by atoms with Crippen molar-refractivity contribution >= 4 is 34.4 Å². The van der Waals surface area contributed by atoms with Gasteiger partial charge in [-0.25, -0.2) is 9.49 Å². The van der Waals surface area contributed by atoms with E-state index in [9.17, 15) is 4.39 Å². The van der Waals surface area contributed by atoms with E-state index in [1.54, 1.807) is 35.2 Å². The molecule has 4 aromatic rings. The Morgan fingerprint density at radius 2 is 1.88 bits per heavy atom. The van der Waals surface area contributed by atoms with Crippen LogP contribution in [0.1, 0.15) is 18.1 Å². The Bertz CT molecular complexity index is 1340. The number of rotatable bonds is 8. The predicted molar refractivity (Wildman–Crippen MR) is 132 cm³/mol. The first kappa shape index (κ1) is 22.9. The number of hydrogen-bond acceptors (Lipinski definition) is 5. The van der Waals surface area contributed by atoms with Crippen LogP contribution in [0, 0.1) is 10.6 Å². The maximum Gasteiger partial charge on any atom is 0.216 e. The van der Waals surface area contributed by atoms with Crippen molar-refractivity contribution in [3.63, 3.8) is 0 Å². The second kappa shape index (κ2) is 10.5. The highest BCUT2D eigenvalue weighted by molar-refractivity contribution is 9.10. The normalized spacial score (nSPS) is 11.1. The third kappa shape index (κ3) is 5.37. The Labute approximate surface area is 203 Å². The molecular formula is C24H20BrFN4O2S. The second-order valence-corrected chi connectivity index (χ2v) is 8.16. The number of aromatic nitrogens is 3. The van der Waals surface area contributed by atoms with Crippen molar-refractivity contribution in [3.05, 3.63) is 92.9 Å². The standard InChI is InChI=1S/C24H20BrFN4O2S/c1-2-31-21-13-16(12-19(25)22(21)32-15-18-10-6-7-11-20(18)26)14-27-30-23(28-29-24(30)33)17-8-4-3-5-9-17/h3-14H,2,15H2,1H3,(H,29,33)/b27-14+. The Morgan fingerprint density at radius 3 is 2.64 bits per heavy atom. The summed E-state index contributed by atoms with van der Waals surface area (Å²) in [5.74, 6) is 1.29. The van der Waals surface area contributed by atoms with Crippen LogP contribution in [0.3, 0.4) is 0 Å². The fraction of sp³-hybridized carbons (Fsp3) is 0.125. The average Bonchev–Trinajstić information content (AvgIpc) is 3.19. The van der Waals surface area contributed by atoms with Gasteiger partial charge >= 0.3 is 0 Å². The van der Waals surface area contributed by atoms with Crippen molar-refractivity contribution in [2.24, 2.45) is 5.10 Å². The number of benzene rings is 3. The molecular weight excluding hydrogens is 507 g/mol. The van der Waals surface area contributed by atoms with Gasteiger partial charge in [0.1, 0.15) is 12.4 Å². The third-order valence-corrected chi connectivity index (χ3v) is 5.52. The first-order valence-corrected chi connectivity index (χ1v) is 11.4. The van der Waals surface area contributed by atoms with E-state index in [2.05, 4.69) is 31.2 Å². The quantitative estimate of drug-likeness (QED) is 0.214. The molecule has 0 aliphatic heterocycles. The summed E-state index contributed by atoms with van der Waals surface area (Å²) in [5, 5.41) is 11.6. The number of halogens is 2. The second-order valence-electron chi connectivity index (χ2n) is 6.92. The SMILES string of the molecule is CCOc1cc(/C=N/n2c(-c3ccccc3)n[nH]c2=S)cc(Br)c1OCc1ccccc1F. The van der Waals surface area contributed by atoms with Gasteiger partial charge in [0.05, 0.1) is 17.3 Å². The minimum absolute atomic E-state index is 0.0728. The van der Waals surface area contributed by atoms with E-state index in [-0.39, 0.29) is 12.4 Å². The molecule has 4 rings (SSSR count). The summed E-state index contributed by atoms with van der Waals surface area (Å²) in [7, 11) is 0. The van der Waals surface area contributed by atoms with Gasteiger partial charge in [-0.2, -0.15) is 14.9 Å². The molecule has 0 fully saturated rings. The van der Waals surface area contributed by atoms with Gasteiger partial charge in [0.2, 0.25) is 4.77 Å². The fourth-order valence-electron chi connectivity index (χ4n) is 3.13. The van der Waals surface area contributed by atoms with Gasteiger partial charge in [0.15, 0.2) is 17.3 Å². The average molecular weight is 527 g/mol. The van der Waals surface area contributed by atoms with Gasteiger partial charge < -0.3 is 9.47 Å². The molecule has 0 saturated heterocycles. The number of nitrogens with one attached hydrogen (secondary N) is 1. The summed E-state index contributed by atoms with van der Waals surface area (Å²) in [6.45, 7) is 2.39. The van der Waals surface area contributed by atoms with Crippen molar-refractivity contribution in [2.75, 3.05) is 6.61 Å². The van der Waals surface area contributed by atoms with Crippen molar-refractivity contribution in [2.45, 2.75) is 13.5 Å². The zero-order valence-corrected chi connectivity index (χ0v) is 20.1. The van der Waals surface area contributed by atoms with Crippen molar-refractivity contribution in [1.29, 1.82) is 0 Å². The van der Waals surface area contributed by atoms with E-state index in [4.69, 9.17) is 21.7 Å². The lowest BCUT2D eigenvalue weighted by Crippen LogP contribution is -2.03. The summed E-state index contributed by atoms with van der Waals surface area (Å²) < 4.78 is 28.2. The van der Waals surface area contributed by atoms with Crippen LogP contribution < -0.4 is 9.47 Å². The highest BCUT2D eigenvalue weighted by Gasteiger charge is 2.14. The topological polar surface area (TPSA) is 64.4 Å². The molecule has 0 unspecified atom stereocenters. The summed E-state index contributed by atoms with van der Waals surface area (Å²) >= 11 is 8.88. The van der Waals surface area contributed by atoms with E-state index >= 15 is 0 Å². The van der Waals surface area contributed by atoms with Crippen LogP contribution in [-0.4, -0.2) is 27.7 Å². The highest BCUT2D eigenvalue weighted by Crippen LogP contribution is 2.37. The summed E-state index contributed by atoms with van der Waals surface area (Å²) in [4.78, 5) is 0. The lowest BCUT2D eigenvalue weighted by molar-refractivity contribution is 0.264. The molecule has 0 spiro atoms. The van der Waals surface area contributed by atoms with E-state index < -0.39 is 0 Å². The van der Waals surface area contributed by atoms with Gasteiger partial charge in [-0.1, -0.05) is 48.5 Å². The molecule has 0 aliphatic carbocycles. The van der Waals surface area contributed by atoms with Gasteiger partial charge in [-0.05, 0) is 58.8 Å². The molecule has 1 heterocycles. The molecule has 168 valence electrons. The monoisotopic (exact) mass is 526 g/mol. The van der Waals surface area contributed by atoms with Crippen LogP contribution in [0.15, 0.2) is 76.3 Å². The smallest absolute Gasteiger partial charge is 0.216 e. The van der Waals surface area contributed by atoms with Gasteiger partial charge in [0, 0.05) is 11.1 Å². The first-order chi connectivity index (χ1) is 16.1. The third-order valence-electron chi connectivity index (χ3n) is 4.67. The Kier molecular flexibility index (Phi) is 7.31. The van der Waals surface area contributed by atoms with Crippen LogP contribution in [0.4, 0.5) is 4.39 Å². The largest absolute Gasteiger partial charge is 0.490 e. The number of H-pyrrole nitrogens is 1. The molecule has 0 bridgehead atoms. The van der Waals surface area contributed by atoms with Crippen LogP contribution >= 0.6 is 28.1 Å². The molecule has 1 aromatic heterocycles. The van der Waals surface area contributed by atoms with Crippen LogP contribution in [0.5, 0.6) is 11.5 Å². The summed E-state index contributed by atoms with van der Waals surface area (Å²) in [6, 6.07) is 19.8. The van der Waals surface area contributed by atoms with Gasteiger partial charge in [0.25, 0.3) is 0 Å². The Balaban J connectivity index is 1.62. The van der Waals surface area contributed by atoms with E-state index in [1.807, 2.05) is 43.3 Å². The number of ether oxygens (including phenoxy) is 2. The Hall–Kier alpha value is -3.30. The summed E-state index contributed by atoms with van der Waals surface area (Å²) in [5.41, 5.74) is 2.10. The lowest BCUT2D eigenvalue weighted by Gasteiger charge is -2.15. The molecule has 0 amide bonds. The first-order valence-electron chi connectivity index (χ1n) is 10.2. The number of nitrogens with zero attached hydrogens (tertiary/aromatic N) is 3. The van der Waals surface area contributed by atoms with Gasteiger partial charge in [-0.3, -0.25) is 0 Å². The minimum atomic E-state index is -0.318. The van der Waals surface area contributed by atoms with E-state index in [0.29, 0.717) is 38.7 Å². The molecule has 0 saturated carbocycles. The van der Waals surface area contributed by atoms with Crippen LogP contribution in [0.2, 0.25) is 0 Å². The maximum atomic E-state index is 14.0. The minimum Gasteiger partial charge on any atom is -0.490 e. The maximum absolute atomic E-state index is 14.0. The van der Waals surface area contributed by atoms with Crippen molar-refractivity contribution in [3.8, 4) is 22.9 Å². The molecule has 1 N–H and O–H groups in total. The number of aromatic amines is 1. The van der Waals surface area contributed by atoms with Gasteiger partial charge in [-0.15, -0.1) is 0 Å². The number of hydrogen-bond donors (Lipinski definition) is 1. The van der Waals surface area contributed by atoms with Crippen LogP contribution in [0.25, 0.3) is 11.4 Å².